The molecule has 0 spiro atoms. The van der Waals surface area contributed by atoms with Crippen molar-refractivity contribution in [3.63, 3.8) is 0 Å². The van der Waals surface area contributed by atoms with Crippen molar-refractivity contribution in [3.8, 4) is 0 Å². The molecule has 0 aromatic carbocycles. The van der Waals surface area contributed by atoms with Crippen molar-refractivity contribution in [2.24, 2.45) is 0 Å². The van der Waals surface area contributed by atoms with E-state index in [2.05, 4.69) is 44.5 Å². The Hall–Kier alpha value is -1.63. The van der Waals surface area contributed by atoms with E-state index in [9.17, 15) is 0 Å². The molecule has 0 bridgehead atoms. The summed E-state index contributed by atoms with van der Waals surface area (Å²) >= 11 is 0. The van der Waals surface area contributed by atoms with Gasteiger partial charge in [-0.25, -0.2) is 0 Å². The third kappa shape index (κ3) is 3.93. The Kier molecular flexibility index (Phi) is 4.94. The first-order valence-corrected chi connectivity index (χ1v) is 7.21. The molecule has 1 aliphatic rings. The highest BCUT2D eigenvalue weighted by molar-refractivity contribution is 5.43. The van der Waals surface area contributed by atoms with Crippen LogP contribution in [-0.2, 0) is 0 Å². The first-order chi connectivity index (χ1) is 9.58. The summed E-state index contributed by atoms with van der Waals surface area (Å²) in [6.45, 7) is 5.13. The van der Waals surface area contributed by atoms with Gasteiger partial charge in [0, 0.05) is 33.2 Å². The van der Waals surface area contributed by atoms with E-state index in [1.807, 2.05) is 19.0 Å². The summed E-state index contributed by atoms with van der Waals surface area (Å²) in [4.78, 5) is 17.5. The van der Waals surface area contributed by atoms with Crippen LogP contribution >= 0.6 is 0 Å². The van der Waals surface area contributed by atoms with E-state index in [1.165, 1.54) is 0 Å². The molecule has 2 rings (SSSR count). The van der Waals surface area contributed by atoms with Gasteiger partial charge in [0.25, 0.3) is 0 Å². The molecule has 112 valence electrons. The van der Waals surface area contributed by atoms with E-state index >= 15 is 0 Å². The van der Waals surface area contributed by atoms with E-state index in [0.717, 1.165) is 32.5 Å². The number of aromatic nitrogens is 3. The highest BCUT2D eigenvalue weighted by atomic mass is 15.3. The minimum atomic E-state index is 0.413. The van der Waals surface area contributed by atoms with Crippen molar-refractivity contribution in [1.82, 2.24) is 19.9 Å². The second kappa shape index (κ2) is 6.69. The van der Waals surface area contributed by atoms with Crippen LogP contribution in [0.15, 0.2) is 0 Å². The lowest BCUT2D eigenvalue weighted by molar-refractivity contribution is 0.414. The maximum absolute atomic E-state index is 4.46. The molecule has 1 atom stereocenters. The summed E-state index contributed by atoms with van der Waals surface area (Å²) in [5.74, 6) is 1.97. The molecule has 0 saturated carbocycles. The molecule has 20 heavy (non-hydrogen) atoms. The van der Waals surface area contributed by atoms with Crippen LogP contribution in [0, 0.1) is 0 Å². The largest absolute Gasteiger partial charge is 0.354 e. The standard InChI is InChI=1S/C13H25N7/c1-5-7-14-11-16-12(18-13(17-11)19(2)3)15-10-6-8-20(4)9-10/h10H,5-9H2,1-4H3,(H2,14,15,16,17,18). The van der Waals surface area contributed by atoms with Gasteiger partial charge in [0.05, 0.1) is 0 Å². The molecule has 1 aromatic rings. The summed E-state index contributed by atoms with van der Waals surface area (Å²) < 4.78 is 0. The number of nitrogens with one attached hydrogen (secondary N) is 2. The second-order valence-corrected chi connectivity index (χ2v) is 5.50. The van der Waals surface area contributed by atoms with E-state index in [0.29, 0.717) is 23.9 Å². The van der Waals surface area contributed by atoms with Crippen LogP contribution in [0.2, 0.25) is 0 Å². The van der Waals surface area contributed by atoms with Crippen LogP contribution in [-0.4, -0.2) is 66.7 Å². The van der Waals surface area contributed by atoms with Gasteiger partial charge in [-0.05, 0) is 26.4 Å². The quantitative estimate of drug-likeness (QED) is 0.801. The van der Waals surface area contributed by atoms with Crippen molar-refractivity contribution < 1.29 is 0 Å². The van der Waals surface area contributed by atoms with Gasteiger partial charge in [-0.2, -0.15) is 15.0 Å². The van der Waals surface area contributed by atoms with Crippen LogP contribution < -0.4 is 15.5 Å². The second-order valence-electron chi connectivity index (χ2n) is 5.50. The molecule has 1 saturated heterocycles. The number of rotatable bonds is 6. The maximum Gasteiger partial charge on any atom is 0.231 e. The third-order valence-electron chi connectivity index (χ3n) is 3.28. The van der Waals surface area contributed by atoms with Gasteiger partial charge in [-0.1, -0.05) is 6.92 Å². The zero-order valence-corrected chi connectivity index (χ0v) is 12.8. The molecule has 7 nitrogen and oxygen atoms in total. The summed E-state index contributed by atoms with van der Waals surface area (Å²) in [6.07, 6.45) is 2.16. The summed E-state index contributed by atoms with van der Waals surface area (Å²) in [5.41, 5.74) is 0. The normalized spacial score (nSPS) is 19.1. The SMILES string of the molecule is CCCNc1nc(NC2CCN(C)C2)nc(N(C)C)n1. The fraction of sp³-hybridized carbons (Fsp3) is 0.769. The maximum atomic E-state index is 4.46. The minimum absolute atomic E-state index is 0.413. The molecule has 2 heterocycles. The molecule has 1 fully saturated rings. The highest BCUT2D eigenvalue weighted by Crippen LogP contribution is 2.15. The predicted octanol–water partition coefficient (Wildman–Crippen LogP) is 0.875. The van der Waals surface area contributed by atoms with Crippen molar-refractivity contribution in [1.29, 1.82) is 0 Å². The predicted molar refractivity (Wildman–Crippen MR) is 82.5 cm³/mol. The topological polar surface area (TPSA) is 69.2 Å². The molecule has 2 N–H and O–H groups in total. The molecule has 1 aromatic heterocycles. The van der Waals surface area contributed by atoms with Crippen LogP contribution in [0.1, 0.15) is 19.8 Å². The molecular weight excluding hydrogens is 254 g/mol. The van der Waals surface area contributed by atoms with Crippen LogP contribution in [0.3, 0.4) is 0 Å². The van der Waals surface area contributed by atoms with E-state index < -0.39 is 0 Å². The molecule has 1 unspecified atom stereocenters. The first kappa shape index (κ1) is 14.8. The van der Waals surface area contributed by atoms with E-state index in [4.69, 9.17) is 0 Å². The smallest absolute Gasteiger partial charge is 0.231 e. The molecule has 0 aliphatic carbocycles. The lowest BCUT2D eigenvalue weighted by Crippen LogP contribution is -2.25. The van der Waals surface area contributed by atoms with E-state index in [1.54, 1.807) is 0 Å². The zero-order valence-electron chi connectivity index (χ0n) is 12.8. The summed E-state index contributed by atoms with van der Waals surface area (Å²) in [6, 6.07) is 0.413. The van der Waals surface area contributed by atoms with Crippen molar-refractivity contribution in [2.75, 3.05) is 56.3 Å². The fourth-order valence-corrected chi connectivity index (χ4v) is 2.18. The van der Waals surface area contributed by atoms with Crippen molar-refractivity contribution in [3.05, 3.63) is 0 Å². The third-order valence-corrected chi connectivity index (χ3v) is 3.28. The van der Waals surface area contributed by atoms with Gasteiger partial charge in [-0.15, -0.1) is 0 Å². The average Bonchev–Trinajstić information content (AvgIpc) is 2.81. The molecule has 0 radical (unpaired) electrons. The minimum Gasteiger partial charge on any atom is -0.354 e. The Morgan fingerprint density at radius 1 is 1.25 bits per heavy atom. The van der Waals surface area contributed by atoms with Gasteiger partial charge in [0.15, 0.2) is 0 Å². The van der Waals surface area contributed by atoms with Gasteiger partial charge in [0.1, 0.15) is 0 Å². The van der Waals surface area contributed by atoms with Crippen LogP contribution in [0.5, 0.6) is 0 Å². The molecule has 1 aliphatic heterocycles. The summed E-state index contributed by atoms with van der Waals surface area (Å²) in [5, 5.41) is 6.64. The van der Waals surface area contributed by atoms with Crippen LogP contribution in [0.4, 0.5) is 17.8 Å². The number of anilines is 3. The van der Waals surface area contributed by atoms with Gasteiger partial charge < -0.3 is 20.4 Å². The van der Waals surface area contributed by atoms with E-state index in [-0.39, 0.29) is 0 Å². The lowest BCUT2D eigenvalue weighted by Gasteiger charge is -2.16. The average molecular weight is 279 g/mol. The molecule has 0 amide bonds. The monoisotopic (exact) mass is 279 g/mol. The highest BCUT2D eigenvalue weighted by Gasteiger charge is 2.20. The molecule has 7 heteroatoms. The van der Waals surface area contributed by atoms with Crippen LogP contribution in [0.25, 0.3) is 0 Å². The van der Waals surface area contributed by atoms with Gasteiger partial charge >= 0.3 is 0 Å². The number of likely N-dealkylation sites (tertiary alicyclic amines) is 1. The number of likely N-dealkylation sites (N-methyl/N-ethyl adjacent to an activating group) is 1. The Morgan fingerprint density at radius 2 is 2.00 bits per heavy atom. The van der Waals surface area contributed by atoms with Gasteiger partial charge in [0.2, 0.25) is 17.8 Å². The Morgan fingerprint density at radius 3 is 2.60 bits per heavy atom. The summed E-state index contributed by atoms with van der Waals surface area (Å²) in [7, 11) is 6.01. The Balaban J connectivity index is 2.11. The van der Waals surface area contributed by atoms with Crippen molar-refractivity contribution >= 4 is 17.8 Å². The number of nitrogens with zero attached hydrogens (tertiary/aromatic N) is 5. The number of hydrogen-bond donors (Lipinski definition) is 2. The van der Waals surface area contributed by atoms with Gasteiger partial charge in [-0.3, -0.25) is 0 Å². The lowest BCUT2D eigenvalue weighted by atomic mass is 10.3. The first-order valence-electron chi connectivity index (χ1n) is 7.21. The fourth-order valence-electron chi connectivity index (χ4n) is 2.18. The zero-order chi connectivity index (χ0) is 14.5. The van der Waals surface area contributed by atoms with Crippen molar-refractivity contribution in [2.45, 2.75) is 25.8 Å². The number of hydrogen-bond acceptors (Lipinski definition) is 7. The molecular formula is C13H25N7. The Labute approximate surface area is 120 Å². The Bertz CT molecular complexity index is 435.